The lowest BCUT2D eigenvalue weighted by Gasteiger charge is -2.06. The first kappa shape index (κ1) is 13.4. The summed E-state index contributed by atoms with van der Waals surface area (Å²) in [5.41, 5.74) is 1.18. The zero-order valence-electron chi connectivity index (χ0n) is 10.7. The van der Waals surface area contributed by atoms with Gasteiger partial charge in [0.1, 0.15) is 4.88 Å². The summed E-state index contributed by atoms with van der Waals surface area (Å²) in [5.74, 6) is 0.358. The van der Waals surface area contributed by atoms with E-state index in [0.717, 1.165) is 10.1 Å². The fourth-order valence-corrected chi connectivity index (χ4v) is 3.23. The zero-order valence-corrected chi connectivity index (χ0v) is 12.3. The highest BCUT2D eigenvalue weighted by Gasteiger charge is 2.16. The summed E-state index contributed by atoms with van der Waals surface area (Å²) in [5, 5.41) is 4.43. The van der Waals surface area contributed by atoms with Crippen LogP contribution in [-0.2, 0) is 0 Å². The van der Waals surface area contributed by atoms with Crippen LogP contribution in [0.3, 0.4) is 0 Å². The first-order valence-electron chi connectivity index (χ1n) is 5.96. The van der Waals surface area contributed by atoms with Crippen LogP contribution in [0.5, 0.6) is 0 Å². The minimum atomic E-state index is -0.0763. The maximum absolute atomic E-state index is 12.0. The Balaban J connectivity index is 2.33. The number of rotatable bonds is 3. The highest BCUT2D eigenvalue weighted by atomic mass is 35.5. The van der Waals surface area contributed by atoms with Gasteiger partial charge in [-0.05, 0) is 24.5 Å². The molecule has 0 saturated carbocycles. The lowest BCUT2D eigenvalue weighted by atomic mass is 10.2. The number of aryl methyl sites for hydroxylation is 1. The average Bonchev–Trinajstić information content (AvgIpc) is 2.63. The first-order chi connectivity index (χ1) is 8.49. The van der Waals surface area contributed by atoms with Crippen LogP contribution < -0.4 is 5.32 Å². The van der Waals surface area contributed by atoms with Gasteiger partial charge in [-0.15, -0.1) is 11.3 Å². The molecule has 0 bridgehead atoms. The van der Waals surface area contributed by atoms with E-state index in [1.54, 1.807) is 0 Å². The molecule has 1 N–H and O–H groups in total. The van der Waals surface area contributed by atoms with Crippen LogP contribution in [-0.4, -0.2) is 12.5 Å². The molecule has 0 atom stereocenters. The van der Waals surface area contributed by atoms with Crippen LogP contribution in [0, 0.1) is 12.8 Å². The second-order valence-corrected chi connectivity index (χ2v) is 6.28. The summed E-state index contributed by atoms with van der Waals surface area (Å²) in [6.07, 6.45) is 0. The Morgan fingerprint density at radius 2 is 2.17 bits per heavy atom. The summed E-state index contributed by atoms with van der Waals surface area (Å²) in [6.45, 7) is 6.83. The summed E-state index contributed by atoms with van der Waals surface area (Å²) in [4.78, 5) is 12.6. The van der Waals surface area contributed by atoms with Crippen molar-refractivity contribution >= 4 is 38.9 Å². The minimum Gasteiger partial charge on any atom is -0.351 e. The van der Waals surface area contributed by atoms with Gasteiger partial charge >= 0.3 is 0 Å². The molecule has 1 aromatic heterocycles. The van der Waals surface area contributed by atoms with Gasteiger partial charge in [0.25, 0.3) is 5.91 Å². The summed E-state index contributed by atoms with van der Waals surface area (Å²) >= 11 is 7.72. The largest absolute Gasteiger partial charge is 0.351 e. The molecule has 1 heterocycles. The lowest BCUT2D eigenvalue weighted by Crippen LogP contribution is -2.26. The third kappa shape index (κ3) is 2.68. The molecule has 2 nitrogen and oxygen atoms in total. The Kier molecular flexibility index (Phi) is 3.93. The average molecular weight is 282 g/mol. The van der Waals surface area contributed by atoms with Crippen LogP contribution in [0.15, 0.2) is 18.2 Å². The molecule has 2 aromatic rings. The van der Waals surface area contributed by atoms with Crippen molar-refractivity contribution in [2.45, 2.75) is 20.8 Å². The Hall–Kier alpha value is -1.06. The van der Waals surface area contributed by atoms with E-state index < -0.39 is 0 Å². The molecule has 2 rings (SSSR count). The maximum atomic E-state index is 12.0. The summed E-state index contributed by atoms with van der Waals surface area (Å²) in [6, 6.07) is 6.05. The molecule has 0 aliphatic carbocycles. The van der Waals surface area contributed by atoms with Gasteiger partial charge in [-0.25, -0.2) is 0 Å². The number of carbonyl (C=O) groups is 1. The van der Waals surface area contributed by atoms with Gasteiger partial charge in [0.15, 0.2) is 0 Å². The molecule has 1 aromatic carbocycles. The fourth-order valence-electron chi connectivity index (χ4n) is 1.70. The molecular weight excluding hydrogens is 266 g/mol. The van der Waals surface area contributed by atoms with Crippen molar-refractivity contribution in [1.82, 2.24) is 5.32 Å². The Morgan fingerprint density at radius 3 is 2.83 bits per heavy atom. The van der Waals surface area contributed by atoms with E-state index in [9.17, 15) is 4.79 Å². The van der Waals surface area contributed by atoms with Crippen LogP contribution in [0.1, 0.15) is 29.1 Å². The third-order valence-electron chi connectivity index (χ3n) is 2.66. The van der Waals surface area contributed by atoms with Gasteiger partial charge in [0.05, 0.1) is 5.02 Å². The van der Waals surface area contributed by atoms with Crippen LogP contribution in [0.4, 0.5) is 0 Å². The van der Waals surface area contributed by atoms with Crippen molar-refractivity contribution in [3.63, 3.8) is 0 Å². The molecule has 0 fully saturated rings. The first-order valence-corrected chi connectivity index (χ1v) is 7.15. The zero-order chi connectivity index (χ0) is 13.3. The Morgan fingerprint density at radius 1 is 1.44 bits per heavy atom. The molecule has 0 saturated heterocycles. The van der Waals surface area contributed by atoms with Gasteiger partial charge in [-0.3, -0.25) is 4.79 Å². The fraction of sp³-hybridized carbons (Fsp3) is 0.357. The minimum absolute atomic E-state index is 0.0763. The maximum Gasteiger partial charge on any atom is 0.262 e. The predicted octanol–water partition coefficient (Wildman–Crippen LogP) is 4.25. The van der Waals surface area contributed by atoms with Gasteiger partial charge in [0.2, 0.25) is 0 Å². The third-order valence-corrected chi connectivity index (χ3v) is 4.32. The molecule has 0 unspecified atom stereocenters. The van der Waals surface area contributed by atoms with Crippen molar-refractivity contribution in [2.75, 3.05) is 6.54 Å². The summed E-state index contributed by atoms with van der Waals surface area (Å²) < 4.78 is 1.06. The number of nitrogens with one attached hydrogen (secondary N) is 1. The molecule has 4 heteroatoms. The van der Waals surface area contributed by atoms with E-state index in [1.807, 2.05) is 19.1 Å². The molecule has 0 spiro atoms. The monoisotopic (exact) mass is 281 g/mol. The second kappa shape index (κ2) is 5.29. The van der Waals surface area contributed by atoms with Crippen molar-refractivity contribution in [3.05, 3.63) is 33.7 Å². The molecule has 18 heavy (non-hydrogen) atoms. The van der Waals surface area contributed by atoms with Gasteiger partial charge < -0.3 is 5.32 Å². The number of amides is 1. The number of benzene rings is 1. The van der Waals surface area contributed by atoms with E-state index in [0.29, 0.717) is 22.4 Å². The molecule has 0 aliphatic rings. The van der Waals surface area contributed by atoms with Crippen molar-refractivity contribution in [2.24, 2.45) is 5.92 Å². The molecule has 1 amide bonds. The van der Waals surface area contributed by atoms with Gasteiger partial charge in [-0.2, -0.15) is 0 Å². The number of halogens is 1. The normalized spacial score (nSPS) is 11.2. The predicted molar refractivity (Wildman–Crippen MR) is 78.7 cm³/mol. The summed E-state index contributed by atoms with van der Waals surface area (Å²) in [7, 11) is 0. The standard InChI is InChI=1S/C14H16ClNOS/c1-8(2)7-16-14(17)13-12(15)10-5-4-9(3)6-11(10)18-13/h4-6,8H,7H2,1-3H3,(H,16,17). The number of fused-ring (bicyclic) bond motifs is 1. The van der Waals surface area contributed by atoms with Crippen molar-refractivity contribution in [3.8, 4) is 0 Å². The second-order valence-electron chi connectivity index (χ2n) is 4.85. The lowest BCUT2D eigenvalue weighted by molar-refractivity contribution is 0.0953. The number of hydrogen-bond donors (Lipinski definition) is 1. The number of hydrogen-bond acceptors (Lipinski definition) is 2. The van der Waals surface area contributed by atoms with E-state index in [1.165, 1.54) is 16.9 Å². The Bertz CT molecular complexity index is 589. The van der Waals surface area contributed by atoms with Crippen molar-refractivity contribution in [1.29, 1.82) is 0 Å². The Labute approximate surface area is 116 Å². The van der Waals surface area contributed by atoms with E-state index in [2.05, 4.69) is 25.2 Å². The van der Waals surface area contributed by atoms with Crippen molar-refractivity contribution < 1.29 is 4.79 Å². The topological polar surface area (TPSA) is 29.1 Å². The van der Waals surface area contributed by atoms with Crippen LogP contribution in [0.25, 0.3) is 10.1 Å². The highest BCUT2D eigenvalue weighted by Crippen LogP contribution is 2.35. The van der Waals surface area contributed by atoms with Gasteiger partial charge in [0, 0.05) is 16.6 Å². The van der Waals surface area contributed by atoms with E-state index >= 15 is 0 Å². The number of thiophene rings is 1. The SMILES string of the molecule is Cc1ccc2c(Cl)c(C(=O)NCC(C)C)sc2c1. The quantitative estimate of drug-likeness (QED) is 0.895. The van der Waals surface area contributed by atoms with Gasteiger partial charge in [-0.1, -0.05) is 37.6 Å². The molecule has 0 radical (unpaired) electrons. The number of carbonyl (C=O) groups excluding carboxylic acids is 1. The smallest absolute Gasteiger partial charge is 0.262 e. The van der Waals surface area contributed by atoms with E-state index in [-0.39, 0.29) is 5.91 Å². The molecular formula is C14H16ClNOS. The molecule has 96 valence electrons. The van der Waals surface area contributed by atoms with E-state index in [4.69, 9.17) is 11.6 Å². The van der Waals surface area contributed by atoms with Crippen LogP contribution in [0.2, 0.25) is 5.02 Å². The molecule has 0 aliphatic heterocycles. The highest BCUT2D eigenvalue weighted by molar-refractivity contribution is 7.21. The van der Waals surface area contributed by atoms with Crippen LogP contribution >= 0.6 is 22.9 Å².